The molecule has 0 amide bonds. The summed E-state index contributed by atoms with van der Waals surface area (Å²) in [4.78, 5) is 7.18. The van der Waals surface area contributed by atoms with Crippen molar-refractivity contribution in [1.29, 1.82) is 0 Å². The van der Waals surface area contributed by atoms with Gasteiger partial charge in [-0.15, -0.1) is 0 Å². The standard InChI is InChI=1S/C14H34N4/c1-7-17(6)11-13-18(12-10-16(4)5)14(2,3)8-9-15/h7-13,15H2,1-6H3. The van der Waals surface area contributed by atoms with Crippen LogP contribution in [0.15, 0.2) is 0 Å². The molecule has 0 aromatic heterocycles. The molecule has 0 spiro atoms. The number of hydrogen-bond acceptors (Lipinski definition) is 4. The Hall–Kier alpha value is -0.160. The minimum absolute atomic E-state index is 0.194. The highest BCUT2D eigenvalue weighted by atomic mass is 15.2. The summed E-state index contributed by atoms with van der Waals surface area (Å²) in [6.07, 6.45) is 1.05. The van der Waals surface area contributed by atoms with Gasteiger partial charge in [0.1, 0.15) is 0 Å². The Kier molecular flexibility index (Phi) is 8.78. The third-order valence-corrected chi connectivity index (χ3v) is 3.72. The summed E-state index contributed by atoms with van der Waals surface area (Å²) in [6, 6.07) is 0. The summed E-state index contributed by atoms with van der Waals surface area (Å²) in [6.45, 7) is 13.1. The van der Waals surface area contributed by atoms with Crippen LogP contribution in [0.25, 0.3) is 0 Å². The molecule has 0 aliphatic carbocycles. The molecule has 0 aliphatic heterocycles. The number of rotatable bonds is 10. The molecule has 0 aromatic carbocycles. The van der Waals surface area contributed by atoms with E-state index in [0.29, 0.717) is 0 Å². The van der Waals surface area contributed by atoms with E-state index in [1.165, 1.54) is 0 Å². The second-order valence-corrected chi connectivity index (χ2v) is 6.04. The minimum atomic E-state index is 0.194. The van der Waals surface area contributed by atoms with Gasteiger partial charge in [0.2, 0.25) is 0 Å². The zero-order chi connectivity index (χ0) is 14.2. The smallest absolute Gasteiger partial charge is 0.0166 e. The Labute approximate surface area is 114 Å². The molecule has 4 heteroatoms. The Morgan fingerprint density at radius 3 is 1.94 bits per heavy atom. The molecular formula is C14H34N4. The van der Waals surface area contributed by atoms with Gasteiger partial charge in [-0.1, -0.05) is 6.92 Å². The van der Waals surface area contributed by atoms with Gasteiger partial charge in [-0.25, -0.2) is 0 Å². The second kappa shape index (κ2) is 8.86. The Bertz CT molecular complexity index is 204. The summed E-state index contributed by atoms with van der Waals surface area (Å²) < 4.78 is 0. The maximum absolute atomic E-state index is 5.74. The molecule has 0 fully saturated rings. The molecular weight excluding hydrogens is 224 g/mol. The van der Waals surface area contributed by atoms with Crippen molar-refractivity contribution < 1.29 is 0 Å². The second-order valence-electron chi connectivity index (χ2n) is 6.04. The predicted octanol–water partition coefficient (Wildman–Crippen LogP) is 0.929. The van der Waals surface area contributed by atoms with Crippen molar-refractivity contribution in [1.82, 2.24) is 14.7 Å². The van der Waals surface area contributed by atoms with Crippen LogP contribution in [0.3, 0.4) is 0 Å². The van der Waals surface area contributed by atoms with Gasteiger partial charge in [0, 0.05) is 31.7 Å². The Balaban J connectivity index is 4.40. The van der Waals surface area contributed by atoms with Crippen molar-refractivity contribution in [2.24, 2.45) is 5.73 Å². The van der Waals surface area contributed by atoms with Crippen LogP contribution in [0.2, 0.25) is 0 Å². The molecule has 2 N–H and O–H groups in total. The first-order valence-electron chi connectivity index (χ1n) is 7.12. The predicted molar refractivity (Wildman–Crippen MR) is 81.0 cm³/mol. The van der Waals surface area contributed by atoms with E-state index in [2.05, 4.69) is 56.6 Å². The van der Waals surface area contributed by atoms with Crippen LogP contribution in [-0.4, -0.2) is 80.7 Å². The minimum Gasteiger partial charge on any atom is -0.330 e. The molecule has 0 aromatic rings. The number of nitrogens with two attached hydrogens (primary N) is 1. The first-order chi connectivity index (χ1) is 8.33. The van der Waals surface area contributed by atoms with Crippen LogP contribution < -0.4 is 5.73 Å². The molecule has 18 heavy (non-hydrogen) atoms. The van der Waals surface area contributed by atoms with Crippen LogP contribution in [0.1, 0.15) is 27.2 Å². The van der Waals surface area contributed by atoms with E-state index in [1.54, 1.807) is 0 Å². The fourth-order valence-electron chi connectivity index (χ4n) is 2.00. The lowest BCUT2D eigenvalue weighted by Gasteiger charge is -2.40. The van der Waals surface area contributed by atoms with Crippen LogP contribution in [0.5, 0.6) is 0 Å². The molecule has 0 bridgehead atoms. The van der Waals surface area contributed by atoms with Gasteiger partial charge in [-0.3, -0.25) is 4.90 Å². The highest BCUT2D eigenvalue weighted by Gasteiger charge is 2.25. The van der Waals surface area contributed by atoms with E-state index in [0.717, 1.165) is 45.7 Å². The molecule has 0 heterocycles. The van der Waals surface area contributed by atoms with Crippen LogP contribution in [0.4, 0.5) is 0 Å². The molecule has 0 saturated carbocycles. The molecule has 0 rings (SSSR count). The highest BCUT2D eigenvalue weighted by Crippen LogP contribution is 2.17. The van der Waals surface area contributed by atoms with E-state index < -0.39 is 0 Å². The lowest BCUT2D eigenvalue weighted by atomic mass is 9.98. The average molecular weight is 258 g/mol. The maximum Gasteiger partial charge on any atom is 0.0166 e. The summed E-state index contributed by atoms with van der Waals surface area (Å²) in [5, 5.41) is 0. The van der Waals surface area contributed by atoms with Crippen molar-refractivity contribution in [2.45, 2.75) is 32.7 Å². The van der Waals surface area contributed by atoms with Gasteiger partial charge < -0.3 is 15.5 Å². The summed E-state index contributed by atoms with van der Waals surface area (Å²) in [5.41, 5.74) is 5.94. The third kappa shape index (κ3) is 7.31. The van der Waals surface area contributed by atoms with Gasteiger partial charge >= 0.3 is 0 Å². The molecule has 0 aliphatic rings. The van der Waals surface area contributed by atoms with E-state index in [9.17, 15) is 0 Å². The zero-order valence-electron chi connectivity index (χ0n) is 13.4. The number of hydrogen-bond donors (Lipinski definition) is 1. The highest BCUT2D eigenvalue weighted by molar-refractivity contribution is 4.82. The summed E-state index contributed by atoms with van der Waals surface area (Å²) in [5.74, 6) is 0. The summed E-state index contributed by atoms with van der Waals surface area (Å²) >= 11 is 0. The van der Waals surface area contributed by atoms with E-state index in [1.807, 2.05) is 0 Å². The third-order valence-electron chi connectivity index (χ3n) is 3.72. The monoisotopic (exact) mass is 258 g/mol. The van der Waals surface area contributed by atoms with Crippen molar-refractivity contribution in [3.05, 3.63) is 0 Å². The molecule has 4 nitrogen and oxygen atoms in total. The molecule has 110 valence electrons. The van der Waals surface area contributed by atoms with E-state index in [4.69, 9.17) is 5.73 Å². The van der Waals surface area contributed by atoms with Crippen LogP contribution in [0, 0.1) is 0 Å². The molecule has 0 atom stereocenters. The SMILES string of the molecule is CCN(C)CCN(CCN(C)C)C(C)(C)CCN. The maximum atomic E-state index is 5.74. The number of likely N-dealkylation sites (N-methyl/N-ethyl adjacent to an activating group) is 2. The van der Waals surface area contributed by atoms with Crippen LogP contribution in [-0.2, 0) is 0 Å². The Morgan fingerprint density at radius 2 is 1.50 bits per heavy atom. The van der Waals surface area contributed by atoms with Gasteiger partial charge in [0.05, 0.1) is 0 Å². The van der Waals surface area contributed by atoms with Gasteiger partial charge in [0.25, 0.3) is 0 Å². The van der Waals surface area contributed by atoms with E-state index in [-0.39, 0.29) is 5.54 Å². The van der Waals surface area contributed by atoms with E-state index >= 15 is 0 Å². The normalized spacial score (nSPS) is 13.0. The van der Waals surface area contributed by atoms with Gasteiger partial charge in [0.15, 0.2) is 0 Å². The molecule has 0 unspecified atom stereocenters. The molecule has 0 radical (unpaired) electrons. The average Bonchev–Trinajstić information content (AvgIpc) is 2.27. The van der Waals surface area contributed by atoms with Gasteiger partial charge in [-0.2, -0.15) is 0 Å². The van der Waals surface area contributed by atoms with Crippen LogP contribution >= 0.6 is 0 Å². The van der Waals surface area contributed by atoms with Crippen molar-refractivity contribution in [3.8, 4) is 0 Å². The van der Waals surface area contributed by atoms with Crippen molar-refractivity contribution in [2.75, 3.05) is 60.4 Å². The lowest BCUT2D eigenvalue weighted by molar-refractivity contribution is 0.0926. The van der Waals surface area contributed by atoms with Crippen molar-refractivity contribution >= 4 is 0 Å². The first-order valence-corrected chi connectivity index (χ1v) is 7.12. The number of nitrogens with zero attached hydrogens (tertiary/aromatic N) is 3. The molecule has 0 saturated heterocycles. The topological polar surface area (TPSA) is 35.7 Å². The van der Waals surface area contributed by atoms with Gasteiger partial charge in [-0.05, 0) is 54.5 Å². The lowest BCUT2D eigenvalue weighted by Crippen LogP contribution is -2.50. The largest absolute Gasteiger partial charge is 0.330 e. The van der Waals surface area contributed by atoms with Crippen molar-refractivity contribution in [3.63, 3.8) is 0 Å². The first kappa shape index (κ1) is 17.8. The quantitative estimate of drug-likeness (QED) is 0.632. The zero-order valence-corrected chi connectivity index (χ0v) is 13.4. The summed E-state index contributed by atoms with van der Waals surface area (Å²) in [7, 11) is 6.44. The fraction of sp³-hybridized carbons (Fsp3) is 1.00. The Morgan fingerprint density at radius 1 is 0.944 bits per heavy atom. The fourth-order valence-corrected chi connectivity index (χ4v) is 2.00.